The van der Waals surface area contributed by atoms with Crippen molar-refractivity contribution in [2.45, 2.75) is 6.54 Å². The molecule has 0 saturated heterocycles. The van der Waals surface area contributed by atoms with E-state index in [0.717, 1.165) is 21.9 Å². The molecule has 0 radical (unpaired) electrons. The Morgan fingerprint density at radius 2 is 1.67 bits per heavy atom. The van der Waals surface area contributed by atoms with Gasteiger partial charge in [-0.1, -0.05) is 48.5 Å². The van der Waals surface area contributed by atoms with Crippen molar-refractivity contribution in [3.8, 4) is 11.3 Å². The number of H-pyrrole nitrogens is 1. The number of hydrogen-bond acceptors (Lipinski definition) is 5. The number of carbonyl (C=O) groups excluding carboxylic acids is 1. The van der Waals surface area contributed by atoms with Gasteiger partial charge in [0.1, 0.15) is 0 Å². The highest BCUT2D eigenvalue weighted by atomic mass is 16.5. The molecule has 0 fully saturated rings. The topological polar surface area (TPSA) is 102 Å². The Hall–Kier alpha value is -4.30. The smallest absolute Gasteiger partial charge is 0.276 e. The van der Waals surface area contributed by atoms with Crippen LogP contribution >= 0.6 is 0 Å². The van der Waals surface area contributed by atoms with Crippen LogP contribution in [0.25, 0.3) is 32.9 Å². The molecule has 0 aliphatic carbocycles. The zero-order valence-corrected chi connectivity index (χ0v) is 17.9. The van der Waals surface area contributed by atoms with Gasteiger partial charge in [-0.3, -0.25) is 14.3 Å². The molecule has 2 N–H and O–H groups in total. The highest BCUT2D eigenvalue weighted by Crippen LogP contribution is 2.26. The number of rotatable bonds is 6. The first-order valence-electron chi connectivity index (χ1n) is 10.5. The fourth-order valence-corrected chi connectivity index (χ4v) is 3.88. The molecule has 0 atom stereocenters. The van der Waals surface area contributed by atoms with Crippen LogP contribution in [0.3, 0.4) is 0 Å². The van der Waals surface area contributed by atoms with E-state index in [-0.39, 0.29) is 11.5 Å². The van der Waals surface area contributed by atoms with Crippen molar-refractivity contribution in [1.82, 2.24) is 20.0 Å². The summed E-state index contributed by atoms with van der Waals surface area (Å²) in [4.78, 5) is 25.1. The summed E-state index contributed by atoms with van der Waals surface area (Å²) in [5, 5.41) is 16.3. The second kappa shape index (κ2) is 8.68. The number of nitrogens with one attached hydrogen (secondary N) is 2. The predicted molar refractivity (Wildman–Crippen MR) is 127 cm³/mol. The van der Waals surface area contributed by atoms with Gasteiger partial charge < -0.3 is 10.1 Å². The number of anilines is 1. The molecule has 2 heterocycles. The Morgan fingerprint density at radius 3 is 2.42 bits per heavy atom. The van der Waals surface area contributed by atoms with Crippen molar-refractivity contribution in [2.24, 2.45) is 0 Å². The van der Waals surface area contributed by atoms with E-state index in [2.05, 4.69) is 20.6 Å². The first-order valence-corrected chi connectivity index (χ1v) is 10.5. The summed E-state index contributed by atoms with van der Waals surface area (Å²) in [6, 6.07) is 22.3. The van der Waals surface area contributed by atoms with E-state index in [9.17, 15) is 9.59 Å². The van der Waals surface area contributed by atoms with Crippen LogP contribution in [0.15, 0.2) is 77.6 Å². The number of aromatic amines is 1. The summed E-state index contributed by atoms with van der Waals surface area (Å²) in [5.74, 6) is -0.289. The molecule has 8 nitrogen and oxygen atoms in total. The van der Waals surface area contributed by atoms with E-state index in [0.29, 0.717) is 35.6 Å². The van der Waals surface area contributed by atoms with Gasteiger partial charge in [-0.15, -0.1) is 0 Å². The minimum atomic E-state index is -0.289. The van der Waals surface area contributed by atoms with Crippen molar-refractivity contribution in [1.29, 1.82) is 0 Å². The summed E-state index contributed by atoms with van der Waals surface area (Å²) < 4.78 is 6.94. The number of carbonyl (C=O) groups is 1. The van der Waals surface area contributed by atoms with E-state index in [1.54, 1.807) is 30.0 Å². The fraction of sp³-hybridized carbons (Fsp3) is 0.120. The number of hydrogen-bond donors (Lipinski definition) is 2. The lowest BCUT2D eigenvalue weighted by atomic mass is 10.0. The van der Waals surface area contributed by atoms with Crippen LogP contribution in [0.1, 0.15) is 10.5 Å². The maximum Gasteiger partial charge on any atom is 0.276 e. The summed E-state index contributed by atoms with van der Waals surface area (Å²) in [7, 11) is 1.63. The number of ether oxygens (including phenoxy) is 1. The van der Waals surface area contributed by atoms with Gasteiger partial charge in [0.2, 0.25) is 0 Å². The number of nitrogens with zero attached hydrogens (tertiary/aromatic N) is 3. The molecule has 0 unspecified atom stereocenters. The Kier molecular flexibility index (Phi) is 5.42. The number of benzene rings is 3. The molecule has 164 valence electrons. The van der Waals surface area contributed by atoms with Crippen molar-refractivity contribution < 1.29 is 9.53 Å². The van der Waals surface area contributed by atoms with Gasteiger partial charge in [-0.05, 0) is 24.3 Å². The van der Waals surface area contributed by atoms with Gasteiger partial charge in [-0.25, -0.2) is 5.10 Å². The molecule has 0 bridgehead atoms. The van der Waals surface area contributed by atoms with Gasteiger partial charge in [-0.2, -0.15) is 10.2 Å². The third-order valence-corrected chi connectivity index (χ3v) is 5.49. The van der Waals surface area contributed by atoms with Crippen LogP contribution < -0.4 is 10.9 Å². The van der Waals surface area contributed by atoms with E-state index in [1.165, 1.54) is 0 Å². The first-order chi connectivity index (χ1) is 16.2. The van der Waals surface area contributed by atoms with E-state index < -0.39 is 0 Å². The molecule has 2 aromatic heterocycles. The van der Waals surface area contributed by atoms with Crippen LogP contribution in [0.2, 0.25) is 0 Å². The average molecular weight is 439 g/mol. The van der Waals surface area contributed by atoms with Gasteiger partial charge in [0, 0.05) is 29.1 Å². The number of amides is 1. The first kappa shape index (κ1) is 20.6. The predicted octanol–water partition coefficient (Wildman–Crippen LogP) is 3.84. The molecule has 0 aliphatic rings. The number of para-hydroxylation sites is 1. The minimum Gasteiger partial charge on any atom is -0.383 e. The van der Waals surface area contributed by atoms with Crippen molar-refractivity contribution in [3.05, 3.63) is 88.8 Å². The molecule has 0 aliphatic heterocycles. The summed E-state index contributed by atoms with van der Waals surface area (Å²) >= 11 is 0. The Labute approximate surface area is 188 Å². The highest BCUT2D eigenvalue weighted by molar-refractivity contribution is 6.11. The largest absolute Gasteiger partial charge is 0.383 e. The lowest BCUT2D eigenvalue weighted by molar-refractivity contribution is 0.102. The zero-order chi connectivity index (χ0) is 22.8. The van der Waals surface area contributed by atoms with E-state index >= 15 is 0 Å². The van der Waals surface area contributed by atoms with Gasteiger partial charge in [0.05, 0.1) is 29.7 Å². The summed E-state index contributed by atoms with van der Waals surface area (Å²) in [6.45, 7) is 1.06. The SMILES string of the molecule is COCCn1nc(C(=O)Nc2ccc(-c3n[nH]c(=O)c4ccccc34)cc2)c2ccccc21. The minimum absolute atomic E-state index is 0.226. The number of fused-ring (bicyclic) bond motifs is 2. The third-order valence-electron chi connectivity index (χ3n) is 5.49. The normalized spacial score (nSPS) is 11.2. The fourth-order valence-electron chi connectivity index (χ4n) is 3.88. The standard InChI is InChI=1S/C25H21N5O3/c1-33-15-14-30-21-9-5-4-8-20(21)23(29-30)25(32)26-17-12-10-16(11-13-17)22-18-6-2-3-7-19(18)24(31)28-27-22/h2-13H,14-15H2,1H3,(H,26,32)(H,28,31). The van der Waals surface area contributed by atoms with Crippen molar-refractivity contribution >= 4 is 33.3 Å². The molecule has 3 aromatic carbocycles. The lowest BCUT2D eigenvalue weighted by Gasteiger charge is -2.07. The third kappa shape index (κ3) is 3.88. The maximum atomic E-state index is 13.0. The van der Waals surface area contributed by atoms with E-state index in [4.69, 9.17) is 4.74 Å². The highest BCUT2D eigenvalue weighted by Gasteiger charge is 2.17. The quantitative estimate of drug-likeness (QED) is 0.419. The van der Waals surface area contributed by atoms with Crippen LogP contribution in [0, 0.1) is 0 Å². The van der Waals surface area contributed by atoms with E-state index in [1.807, 2.05) is 54.6 Å². The zero-order valence-electron chi connectivity index (χ0n) is 17.9. The molecule has 1 amide bonds. The Balaban J connectivity index is 1.42. The van der Waals surface area contributed by atoms with Crippen molar-refractivity contribution in [2.75, 3.05) is 19.0 Å². The Morgan fingerprint density at radius 1 is 0.970 bits per heavy atom. The van der Waals surface area contributed by atoms with Crippen LogP contribution in [-0.4, -0.2) is 39.6 Å². The molecule has 8 heteroatoms. The molecule has 5 rings (SSSR count). The second-order valence-electron chi connectivity index (χ2n) is 7.56. The molecule has 5 aromatic rings. The second-order valence-corrected chi connectivity index (χ2v) is 7.56. The molecular formula is C25H21N5O3. The van der Waals surface area contributed by atoms with Crippen LogP contribution in [-0.2, 0) is 11.3 Å². The number of aromatic nitrogens is 4. The molecule has 0 saturated carbocycles. The van der Waals surface area contributed by atoms with Crippen molar-refractivity contribution in [3.63, 3.8) is 0 Å². The molecule has 0 spiro atoms. The van der Waals surface area contributed by atoms with Gasteiger partial charge >= 0.3 is 0 Å². The monoisotopic (exact) mass is 439 g/mol. The maximum absolute atomic E-state index is 13.0. The van der Waals surface area contributed by atoms with Crippen LogP contribution in [0.5, 0.6) is 0 Å². The van der Waals surface area contributed by atoms with Crippen LogP contribution in [0.4, 0.5) is 5.69 Å². The van der Waals surface area contributed by atoms with Gasteiger partial charge in [0.25, 0.3) is 11.5 Å². The lowest BCUT2D eigenvalue weighted by Crippen LogP contribution is -2.14. The summed E-state index contributed by atoms with van der Waals surface area (Å²) in [5.41, 5.74) is 3.15. The van der Waals surface area contributed by atoms with Gasteiger partial charge in [0.15, 0.2) is 5.69 Å². The summed E-state index contributed by atoms with van der Waals surface area (Å²) in [6.07, 6.45) is 0. The molecular weight excluding hydrogens is 418 g/mol. The number of methoxy groups -OCH3 is 1. The average Bonchev–Trinajstić information content (AvgIpc) is 3.23. The molecule has 33 heavy (non-hydrogen) atoms. The Bertz CT molecular complexity index is 1520.